The Morgan fingerprint density at radius 3 is 1.81 bits per heavy atom. The number of nitrogens with one attached hydrogen (secondary N) is 3. The number of H-pyrrole nitrogens is 2. The first-order valence-electron chi connectivity index (χ1n) is 20.4. The number of morpholine rings is 2. The van der Waals surface area contributed by atoms with Crippen LogP contribution in [-0.2, 0) is 35.7 Å². The van der Waals surface area contributed by atoms with Gasteiger partial charge in [-0.05, 0) is 46.9 Å². The van der Waals surface area contributed by atoms with Crippen molar-refractivity contribution in [1.82, 2.24) is 48.8 Å². The van der Waals surface area contributed by atoms with Gasteiger partial charge in [0.1, 0.15) is 0 Å². The predicted molar refractivity (Wildman–Crippen MR) is 224 cm³/mol. The van der Waals surface area contributed by atoms with E-state index >= 15 is 0 Å². The normalized spacial score (nSPS) is 18.2. The second-order valence-corrected chi connectivity index (χ2v) is 14.4. The zero-order valence-corrected chi connectivity index (χ0v) is 33.9. The van der Waals surface area contributed by atoms with Crippen LogP contribution in [0, 0.1) is 0 Å². The zero-order valence-electron chi connectivity index (χ0n) is 36.1. The summed E-state index contributed by atoms with van der Waals surface area (Å²) in [6.07, 6.45) is 3.09. The van der Waals surface area contributed by atoms with Crippen molar-refractivity contribution >= 4 is 86.3 Å². The number of anilines is 1. The van der Waals surface area contributed by atoms with Crippen molar-refractivity contribution < 1.29 is 17.7 Å². The number of benzene rings is 2. The number of ether oxygens (including phenoxy) is 2. The van der Waals surface area contributed by atoms with Crippen LogP contribution in [-0.4, -0.2) is 114 Å². The van der Waals surface area contributed by atoms with E-state index in [0.29, 0.717) is 86.4 Å². The highest BCUT2D eigenvalue weighted by atomic mass is 35.5. The van der Waals surface area contributed by atoms with Gasteiger partial charge in [0.2, 0.25) is 11.2 Å². The highest BCUT2D eigenvalue weighted by Crippen LogP contribution is 2.23. The molecule has 2 aromatic carbocycles. The Balaban J connectivity index is 0.000000177. The maximum Gasteiger partial charge on any atom is 0.278 e. The number of halogens is 5. The standard InChI is InChI=1S/C18H20Cl2N6O2.C11H14ClN5O2.C7H7Cl2N/c19-13-2-1-12(9-14(13)20)10-21-18-23-16-15(17(27)24-18)26(11-22-16)4-3-25-5-7-28-8-6-25;12-11-14-9-8(10(18)15-11)17(7-13-9)2-1-16-3-5-19-6-4-16;8-6-2-1-5(4-10)3-7(6)9/h1-2,9,11H,3-8,10H2,(H2,21,23,24,27);7H,1-6H2,(H,14,15,18);1-3H,4,10H2/i2D,7D2;5D2;2D. The van der Waals surface area contributed by atoms with E-state index in [1.165, 1.54) is 0 Å². The smallest absolute Gasteiger partial charge is 0.278 e. The van der Waals surface area contributed by atoms with Crippen molar-refractivity contribution in [2.45, 2.75) is 26.2 Å². The van der Waals surface area contributed by atoms with Crippen molar-refractivity contribution in [3.05, 3.63) is 106 Å². The number of nitrogens with zero attached hydrogens (tertiary/aromatic N) is 8. The van der Waals surface area contributed by atoms with E-state index in [-0.39, 0.29) is 69.1 Å². The fourth-order valence-electron chi connectivity index (χ4n) is 5.57. The lowest BCUT2D eigenvalue weighted by atomic mass is 10.2. The van der Waals surface area contributed by atoms with E-state index in [2.05, 4.69) is 35.2 Å². The topological polar surface area (TPSA) is 190 Å². The lowest BCUT2D eigenvalue weighted by molar-refractivity contribution is 0.0364. The van der Waals surface area contributed by atoms with Crippen LogP contribution in [0.25, 0.3) is 22.3 Å². The minimum atomic E-state index is -1.66. The second-order valence-electron chi connectivity index (χ2n) is 12.4. The first-order chi connectivity index (χ1) is 29.8. The first-order valence-corrected chi connectivity index (χ1v) is 19.3. The highest BCUT2D eigenvalue weighted by molar-refractivity contribution is 6.42. The molecule has 57 heavy (non-hydrogen) atoms. The van der Waals surface area contributed by atoms with Gasteiger partial charge in [-0.1, -0.05) is 58.5 Å². The fourth-order valence-corrected chi connectivity index (χ4v) is 6.34. The third-order valence-electron chi connectivity index (χ3n) is 8.56. The number of hydrogen-bond donors (Lipinski definition) is 4. The number of fused-ring (bicyclic) bond motifs is 2. The third kappa shape index (κ3) is 11.9. The average Bonchev–Trinajstić information content (AvgIpc) is 3.83. The Bertz CT molecular complexity index is 2640. The lowest BCUT2D eigenvalue weighted by Crippen LogP contribution is -2.38. The van der Waals surface area contributed by atoms with Crippen LogP contribution in [0.1, 0.15) is 19.4 Å². The molecule has 5 N–H and O–H groups in total. The summed E-state index contributed by atoms with van der Waals surface area (Å²) in [5.41, 5.74) is 7.56. The van der Waals surface area contributed by atoms with Gasteiger partial charge in [0.15, 0.2) is 22.3 Å². The molecule has 16 nitrogen and oxygen atoms in total. The number of rotatable bonds is 10. The van der Waals surface area contributed by atoms with Crippen LogP contribution in [0.15, 0.2) is 58.6 Å². The largest absolute Gasteiger partial charge is 0.379 e. The van der Waals surface area contributed by atoms with E-state index < -0.39 is 13.1 Å². The van der Waals surface area contributed by atoms with Crippen LogP contribution >= 0.6 is 58.0 Å². The van der Waals surface area contributed by atoms with Crippen molar-refractivity contribution in [1.29, 1.82) is 0 Å². The van der Waals surface area contributed by atoms with Gasteiger partial charge in [-0.2, -0.15) is 9.97 Å². The van der Waals surface area contributed by atoms with E-state index in [9.17, 15) is 9.59 Å². The van der Waals surface area contributed by atoms with E-state index in [1.807, 2.05) is 9.80 Å². The molecule has 0 bridgehead atoms. The molecular weight excluding hydrogens is 842 g/mol. The molecule has 8 rings (SSSR count). The molecule has 0 amide bonds. The lowest BCUT2D eigenvalue weighted by Gasteiger charge is -2.26. The molecule has 2 aliphatic rings. The quantitative estimate of drug-likeness (QED) is 0.136. The van der Waals surface area contributed by atoms with Gasteiger partial charge in [0, 0.05) is 65.4 Å². The third-order valence-corrected chi connectivity index (χ3v) is 10.2. The van der Waals surface area contributed by atoms with E-state index in [1.54, 1.807) is 46.1 Å². The van der Waals surface area contributed by atoms with Gasteiger partial charge in [-0.3, -0.25) is 29.4 Å². The maximum absolute atomic E-state index is 12.6. The van der Waals surface area contributed by atoms with E-state index in [0.717, 1.165) is 11.1 Å². The molecule has 0 radical (unpaired) electrons. The molecular formula is C36H41Cl5N12O4. The van der Waals surface area contributed by atoms with Crippen molar-refractivity contribution in [2.24, 2.45) is 5.73 Å². The second kappa shape index (κ2) is 20.7. The number of aromatic amines is 2. The molecule has 0 aliphatic carbocycles. The number of imidazole rings is 2. The van der Waals surface area contributed by atoms with Gasteiger partial charge in [0.05, 0.1) is 67.3 Å². The Labute approximate surface area is 360 Å². The molecule has 0 spiro atoms. The van der Waals surface area contributed by atoms with Gasteiger partial charge in [-0.15, -0.1) is 0 Å². The minimum Gasteiger partial charge on any atom is -0.379 e. The van der Waals surface area contributed by atoms with Crippen LogP contribution in [0.3, 0.4) is 0 Å². The van der Waals surface area contributed by atoms with Crippen molar-refractivity contribution in [3.8, 4) is 0 Å². The first kappa shape index (κ1) is 35.2. The molecule has 6 heterocycles. The summed E-state index contributed by atoms with van der Waals surface area (Å²) >= 11 is 28.9. The molecule has 0 atom stereocenters. The van der Waals surface area contributed by atoms with Crippen molar-refractivity contribution in [2.75, 3.05) is 70.9 Å². The molecule has 2 saturated heterocycles. The zero-order chi connectivity index (χ0) is 45.6. The summed E-state index contributed by atoms with van der Waals surface area (Å²) in [7, 11) is 0. The van der Waals surface area contributed by atoms with Gasteiger partial charge >= 0.3 is 0 Å². The Morgan fingerprint density at radius 2 is 1.26 bits per heavy atom. The molecule has 4 aromatic heterocycles. The summed E-state index contributed by atoms with van der Waals surface area (Å²) in [6.45, 7) is 1.87. The Kier molecular flexibility index (Phi) is 12.8. The fraction of sp³-hybridized carbons (Fsp3) is 0.389. The summed E-state index contributed by atoms with van der Waals surface area (Å²) in [6, 6.07) is 6.85. The Hall–Kier alpha value is -3.81. The number of nitrogens with two attached hydrogens (primary N) is 1. The van der Waals surface area contributed by atoms with Crippen LogP contribution in [0.4, 0.5) is 5.95 Å². The van der Waals surface area contributed by atoms with Gasteiger partial charge in [-0.25, -0.2) is 9.97 Å². The van der Waals surface area contributed by atoms with Crippen molar-refractivity contribution in [3.63, 3.8) is 0 Å². The average molecular weight is 889 g/mol. The SMILES string of the molecule is [2H]C1([2H])CN(CCn2cnc3nc(Cl)[nH]c(=O)c32)CCO1.[2H]c1cc(CN)cc(Cl)c1Cl.[2H]c1cc(CNc2nc3ncn(CCN4CCOC([2H])([2H])C4)c3c(=O)[nH]2)cc(Cl)c1Cl. The molecule has 2 aliphatic heterocycles. The number of aromatic nitrogens is 8. The molecule has 304 valence electrons. The Morgan fingerprint density at radius 1 is 0.737 bits per heavy atom. The minimum absolute atomic E-state index is 0.0131. The maximum atomic E-state index is 12.6. The van der Waals surface area contributed by atoms with Crippen LogP contribution < -0.4 is 22.2 Å². The molecule has 6 aromatic rings. The van der Waals surface area contributed by atoms with Crippen LogP contribution in [0.5, 0.6) is 0 Å². The monoisotopic (exact) mass is 886 g/mol. The summed E-state index contributed by atoms with van der Waals surface area (Å²) in [5.74, 6) is 0.252. The molecule has 0 saturated carbocycles. The van der Waals surface area contributed by atoms with Gasteiger partial charge < -0.3 is 29.7 Å². The highest BCUT2D eigenvalue weighted by Gasteiger charge is 2.15. The molecule has 21 heteroatoms. The van der Waals surface area contributed by atoms with Gasteiger partial charge in [0.25, 0.3) is 11.1 Å². The molecule has 2 fully saturated rings. The van der Waals surface area contributed by atoms with Crippen LogP contribution in [0.2, 0.25) is 25.4 Å². The predicted octanol–water partition coefficient (Wildman–Crippen LogP) is 4.93. The number of hydrogen-bond acceptors (Lipinski definition) is 12. The summed E-state index contributed by atoms with van der Waals surface area (Å²) in [5, 5.41) is 4.17. The summed E-state index contributed by atoms with van der Waals surface area (Å²) in [4.78, 5) is 50.2. The molecule has 0 unspecified atom stereocenters. The van der Waals surface area contributed by atoms with E-state index in [4.69, 9.17) is 81.4 Å². The summed E-state index contributed by atoms with van der Waals surface area (Å²) < 4.78 is 59.3.